The third-order valence-electron chi connectivity index (χ3n) is 4.39. The molecular formula is C16H23F3N4O4. The van der Waals surface area contributed by atoms with E-state index in [1.807, 2.05) is 0 Å². The zero-order valence-electron chi connectivity index (χ0n) is 15.2. The maximum Gasteiger partial charge on any atom is 0.490 e. The lowest BCUT2D eigenvalue weighted by atomic mass is 10.1. The lowest BCUT2D eigenvalue weighted by molar-refractivity contribution is -0.192. The Morgan fingerprint density at radius 2 is 2.11 bits per heavy atom. The average molecular weight is 392 g/mol. The Kier molecular flexibility index (Phi) is 7.19. The van der Waals surface area contributed by atoms with E-state index in [1.165, 1.54) is 12.8 Å². The summed E-state index contributed by atoms with van der Waals surface area (Å²) in [7, 11) is 3.79. The first-order valence-electron chi connectivity index (χ1n) is 8.50. The minimum atomic E-state index is -5.08. The van der Waals surface area contributed by atoms with Gasteiger partial charge in [-0.15, -0.1) is 0 Å². The van der Waals surface area contributed by atoms with E-state index in [1.54, 1.807) is 7.11 Å². The Balaban J connectivity index is 0.000000321. The van der Waals surface area contributed by atoms with E-state index in [9.17, 15) is 13.2 Å². The number of carboxylic acid groups (broad SMARTS) is 1. The number of ether oxygens (including phenoxy) is 2. The number of rotatable bonds is 4. The SMILES string of the molecule is COc1nc(OC[C@@H]2CCCN2C)nc2c1CCNC2.O=C(O)C(F)(F)F. The summed E-state index contributed by atoms with van der Waals surface area (Å²) in [6.45, 7) is 3.49. The summed E-state index contributed by atoms with van der Waals surface area (Å²) in [6, 6.07) is 0.906. The molecule has 0 unspecified atom stereocenters. The lowest BCUT2D eigenvalue weighted by Gasteiger charge is -2.21. The van der Waals surface area contributed by atoms with Gasteiger partial charge in [-0.2, -0.15) is 23.1 Å². The molecule has 1 fully saturated rings. The number of alkyl halides is 3. The van der Waals surface area contributed by atoms with Crippen molar-refractivity contribution in [3.05, 3.63) is 11.3 Å². The van der Waals surface area contributed by atoms with E-state index in [2.05, 4.69) is 27.2 Å². The van der Waals surface area contributed by atoms with Crippen molar-refractivity contribution >= 4 is 5.97 Å². The molecule has 0 amide bonds. The van der Waals surface area contributed by atoms with Gasteiger partial charge in [0.2, 0.25) is 5.88 Å². The normalized spacial score (nSPS) is 19.7. The topological polar surface area (TPSA) is 96.8 Å². The number of aliphatic carboxylic acids is 1. The van der Waals surface area contributed by atoms with Crippen LogP contribution in [-0.4, -0.2) is 72.0 Å². The van der Waals surface area contributed by atoms with Crippen LogP contribution in [0.3, 0.4) is 0 Å². The molecule has 3 rings (SSSR count). The maximum atomic E-state index is 10.6. The van der Waals surface area contributed by atoms with Crippen molar-refractivity contribution in [2.75, 3.05) is 33.9 Å². The summed E-state index contributed by atoms with van der Waals surface area (Å²) in [5, 5.41) is 10.4. The van der Waals surface area contributed by atoms with Crippen molar-refractivity contribution in [3.8, 4) is 11.9 Å². The molecule has 1 aromatic heterocycles. The van der Waals surface area contributed by atoms with Gasteiger partial charge in [-0.05, 0) is 39.4 Å². The highest BCUT2D eigenvalue weighted by Crippen LogP contribution is 2.25. The molecule has 1 atom stereocenters. The summed E-state index contributed by atoms with van der Waals surface area (Å²) in [5.74, 6) is -2.10. The quantitative estimate of drug-likeness (QED) is 0.790. The fourth-order valence-electron chi connectivity index (χ4n) is 2.90. The van der Waals surface area contributed by atoms with Gasteiger partial charge >= 0.3 is 18.2 Å². The molecule has 0 radical (unpaired) electrons. The number of nitrogens with one attached hydrogen (secondary N) is 1. The van der Waals surface area contributed by atoms with Crippen LogP contribution in [0, 0.1) is 0 Å². The Bertz CT molecular complexity index is 640. The summed E-state index contributed by atoms with van der Waals surface area (Å²) >= 11 is 0. The standard InChI is InChI=1S/C14H22N4O2.C2HF3O2/c1-18-7-3-4-10(18)9-20-14-16-12-8-15-6-5-11(12)13(17-14)19-2;3-2(4,5)1(6)7/h10,15H,3-9H2,1-2H3;(H,6,7)/t10-;/m0./s1. The third-order valence-corrected chi connectivity index (χ3v) is 4.39. The number of likely N-dealkylation sites (N-methyl/N-ethyl adjacent to an activating group) is 1. The summed E-state index contributed by atoms with van der Waals surface area (Å²) < 4.78 is 42.9. The summed E-state index contributed by atoms with van der Waals surface area (Å²) in [6.07, 6.45) is -1.76. The molecule has 152 valence electrons. The largest absolute Gasteiger partial charge is 0.490 e. The van der Waals surface area contributed by atoms with Gasteiger partial charge in [0.1, 0.15) is 6.61 Å². The van der Waals surface area contributed by atoms with E-state index < -0.39 is 12.1 Å². The van der Waals surface area contributed by atoms with Gasteiger partial charge in [0.25, 0.3) is 0 Å². The van der Waals surface area contributed by atoms with E-state index in [-0.39, 0.29) is 0 Å². The van der Waals surface area contributed by atoms with Crippen molar-refractivity contribution in [1.82, 2.24) is 20.2 Å². The van der Waals surface area contributed by atoms with E-state index in [0.29, 0.717) is 24.5 Å². The number of carbonyl (C=O) groups is 1. The second-order valence-electron chi connectivity index (χ2n) is 6.26. The van der Waals surface area contributed by atoms with Gasteiger partial charge in [0.05, 0.1) is 12.8 Å². The second-order valence-corrected chi connectivity index (χ2v) is 6.26. The van der Waals surface area contributed by atoms with Crippen LogP contribution in [0.5, 0.6) is 11.9 Å². The van der Waals surface area contributed by atoms with Gasteiger partial charge in [-0.25, -0.2) is 4.79 Å². The highest BCUT2D eigenvalue weighted by molar-refractivity contribution is 5.73. The van der Waals surface area contributed by atoms with Crippen molar-refractivity contribution in [1.29, 1.82) is 0 Å². The minimum absolute atomic E-state index is 0.435. The van der Waals surface area contributed by atoms with Crippen molar-refractivity contribution in [2.45, 2.75) is 38.0 Å². The molecular weight excluding hydrogens is 369 g/mol. The number of halogens is 3. The van der Waals surface area contributed by atoms with Gasteiger partial charge in [0.15, 0.2) is 0 Å². The molecule has 0 aromatic carbocycles. The molecule has 11 heteroatoms. The fourth-order valence-corrected chi connectivity index (χ4v) is 2.90. The Morgan fingerprint density at radius 1 is 1.41 bits per heavy atom. The molecule has 0 bridgehead atoms. The van der Waals surface area contributed by atoms with Crippen LogP contribution in [0.15, 0.2) is 0 Å². The van der Waals surface area contributed by atoms with Crippen molar-refractivity contribution in [3.63, 3.8) is 0 Å². The molecule has 0 spiro atoms. The number of likely N-dealkylation sites (tertiary alicyclic amines) is 1. The number of aromatic nitrogens is 2. The van der Waals surface area contributed by atoms with Crippen LogP contribution >= 0.6 is 0 Å². The Hall–Kier alpha value is -2.14. The number of nitrogens with zero attached hydrogens (tertiary/aromatic N) is 3. The second kappa shape index (κ2) is 9.18. The molecule has 2 aliphatic heterocycles. The molecule has 8 nitrogen and oxygen atoms in total. The number of carboxylic acids is 1. The summed E-state index contributed by atoms with van der Waals surface area (Å²) in [4.78, 5) is 20.1. The molecule has 2 N–H and O–H groups in total. The highest BCUT2D eigenvalue weighted by atomic mass is 19.4. The highest BCUT2D eigenvalue weighted by Gasteiger charge is 2.38. The van der Waals surface area contributed by atoms with Crippen molar-refractivity contribution < 1.29 is 32.5 Å². The first-order chi connectivity index (χ1) is 12.7. The maximum absolute atomic E-state index is 10.6. The summed E-state index contributed by atoms with van der Waals surface area (Å²) in [5.41, 5.74) is 2.11. The number of methoxy groups -OCH3 is 1. The van der Waals surface area contributed by atoms with Gasteiger partial charge in [-0.3, -0.25) is 0 Å². The zero-order chi connectivity index (χ0) is 20.0. The van der Waals surface area contributed by atoms with Gasteiger partial charge in [-0.1, -0.05) is 0 Å². The first kappa shape index (κ1) is 21.2. The number of fused-ring (bicyclic) bond motifs is 1. The molecule has 3 heterocycles. The molecule has 27 heavy (non-hydrogen) atoms. The van der Waals surface area contributed by atoms with Crippen LogP contribution in [0.1, 0.15) is 24.1 Å². The molecule has 0 saturated carbocycles. The van der Waals surface area contributed by atoms with E-state index >= 15 is 0 Å². The van der Waals surface area contributed by atoms with E-state index in [4.69, 9.17) is 19.4 Å². The van der Waals surface area contributed by atoms with Crippen LogP contribution < -0.4 is 14.8 Å². The molecule has 0 aliphatic carbocycles. The average Bonchev–Trinajstić information content (AvgIpc) is 3.04. The Morgan fingerprint density at radius 3 is 2.67 bits per heavy atom. The Labute approximate surface area is 154 Å². The predicted molar refractivity (Wildman–Crippen MR) is 88.8 cm³/mol. The van der Waals surface area contributed by atoms with Gasteiger partial charge in [0, 0.05) is 18.2 Å². The zero-order valence-corrected chi connectivity index (χ0v) is 15.2. The molecule has 1 saturated heterocycles. The lowest BCUT2D eigenvalue weighted by Crippen LogP contribution is -2.31. The monoisotopic (exact) mass is 392 g/mol. The molecule has 2 aliphatic rings. The van der Waals surface area contributed by atoms with Crippen LogP contribution in [0.25, 0.3) is 0 Å². The van der Waals surface area contributed by atoms with Crippen LogP contribution in [0.2, 0.25) is 0 Å². The first-order valence-corrected chi connectivity index (χ1v) is 8.50. The van der Waals surface area contributed by atoms with Gasteiger partial charge < -0.3 is 24.8 Å². The smallest absolute Gasteiger partial charge is 0.481 e. The fraction of sp³-hybridized carbons (Fsp3) is 0.688. The van der Waals surface area contributed by atoms with Crippen LogP contribution in [0.4, 0.5) is 13.2 Å². The third kappa shape index (κ3) is 5.93. The van der Waals surface area contributed by atoms with E-state index in [0.717, 1.165) is 37.3 Å². The number of hydrogen-bond donors (Lipinski definition) is 2. The predicted octanol–water partition coefficient (Wildman–Crippen LogP) is 1.24. The van der Waals surface area contributed by atoms with Crippen molar-refractivity contribution in [2.24, 2.45) is 0 Å². The minimum Gasteiger partial charge on any atom is -0.481 e. The molecule has 1 aromatic rings. The van der Waals surface area contributed by atoms with Crippen LogP contribution in [-0.2, 0) is 17.8 Å². The number of hydrogen-bond acceptors (Lipinski definition) is 7.